The second-order valence-electron chi connectivity index (χ2n) is 8.43. The third-order valence-corrected chi connectivity index (χ3v) is 6.64. The average Bonchev–Trinajstić information content (AvgIpc) is 3.34. The highest BCUT2D eigenvalue weighted by Gasteiger charge is 2.34. The van der Waals surface area contributed by atoms with Crippen LogP contribution in [0.5, 0.6) is 0 Å². The van der Waals surface area contributed by atoms with Crippen molar-refractivity contribution < 1.29 is 23.8 Å². The first-order valence-corrected chi connectivity index (χ1v) is 11.6. The quantitative estimate of drug-likeness (QED) is 0.689. The molecule has 2 amide bonds. The normalized spacial score (nSPS) is 18.9. The number of ether oxygens (including phenoxy) is 3. The van der Waals surface area contributed by atoms with E-state index in [1.54, 1.807) is 17.3 Å². The molecule has 9 nitrogen and oxygen atoms in total. The summed E-state index contributed by atoms with van der Waals surface area (Å²) in [6.45, 7) is 4.92. The molecule has 0 bridgehead atoms. The number of hydrogen-bond acceptors (Lipinski definition) is 8. The Morgan fingerprint density at radius 1 is 1.45 bits per heavy atom. The number of aryl methyl sites for hydroxylation is 1. The van der Waals surface area contributed by atoms with Crippen molar-refractivity contribution in [2.24, 2.45) is 0 Å². The number of hydrogen-bond donors (Lipinski definition) is 1. The molecule has 1 saturated heterocycles. The molecule has 0 aliphatic carbocycles. The largest absolute Gasteiger partial charge is 0.447 e. The smallest absolute Gasteiger partial charge is 0.410 e. The molecule has 0 saturated carbocycles. The minimum absolute atomic E-state index is 0.123. The van der Waals surface area contributed by atoms with E-state index in [4.69, 9.17) is 14.2 Å². The molecule has 0 aromatic carbocycles. The number of nitrogens with one attached hydrogen (secondary N) is 1. The van der Waals surface area contributed by atoms with Gasteiger partial charge in [0.15, 0.2) is 5.79 Å². The number of nitrogens with zero attached hydrogens (tertiary/aromatic N) is 3. The Morgan fingerprint density at radius 3 is 3.00 bits per heavy atom. The second kappa shape index (κ2) is 9.87. The molecule has 2 aromatic heterocycles. The number of carbonyl (C=O) groups is 2. The van der Waals surface area contributed by atoms with Crippen molar-refractivity contribution in [1.82, 2.24) is 9.88 Å². The molecule has 0 spiro atoms. The fourth-order valence-electron chi connectivity index (χ4n) is 3.86. The first-order chi connectivity index (χ1) is 15.8. The summed E-state index contributed by atoms with van der Waals surface area (Å²) < 4.78 is 16.6. The van der Waals surface area contributed by atoms with Gasteiger partial charge in [0.25, 0.3) is 0 Å². The van der Waals surface area contributed by atoms with Gasteiger partial charge < -0.3 is 24.4 Å². The lowest BCUT2D eigenvalue weighted by atomic mass is 10.0. The van der Waals surface area contributed by atoms with Crippen LogP contribution in [0.3, 0.4) is 0 Å². The summed E-state index contributed by atoms with van der Waals surface area (Å²) in [5, 5.41) is 13.1. The Bertz CT molecular complexity index is 1060. The van der Waals surface area contributed by atoms with Gasteiger partial charge in [0.2, 0.25) is 5.91 Å². The summed E-state index contributed by atoms with van der Waals surface area (Å²) in [6, 6.07) is 5.97. The van der Waals surface area contributed by atoms with E-state index in [0.29, 0.717) is 49.5 Å². The SMILES string of the molecule is CC1(C)OCC(COC(=O)N2CCc3c(sc(NC(=O)CCc4cccnc4)c3C#N)C2)O1. The molecule has 2 aliphatic rings. The number of fused-ring (bicyclic) bond motifs is 1. The van der Waals surface area contributed by atoms with Gasteiger partial charge >= 0.3 is 6.09 Å². The van der Waals surface area contributed by atoms with E-state index in [2.05, 4.69) is 16.4 Å². The third kappa shape index (κ3) is 5.68. The zero-order valence-electron chi connectivity index (χ0n) is 18.6. The number of thiophene rings is 1. The number of rotatable bonds is 6. The zero-order chi connectivity index (χ0) is 23.4. The predicted molar refractivity (Wildman–Crippen MR) is 121 cm³/mol. The lowest BCUT2D eigenvalue weighted by Gasteiger charge is -2.26. The number of pyridine rings is 1. The van der Waals surface area contributed by atoms with Crippen LogP contribution in [0.25, 0.3) is 0 Å². The molecule has 174 valence electrons. The van der Waals surface area contributed by atoms with Gasteiger partial charge in [0.05, 0.1) is 18.7 Å². The van der Waals surface area contributed by atoms with Crippen LogP contribution in [0.15, 0.2) is 24.5 Å². The van der Waals surface area contributed by atoms with Crippen LogP contribution in [0.4, 0.5) is 9.80 Å². The van der Waals surface area contributed by atoms with Crippen molar-refractivity contribution in [3.05, 3.63) is 46.1 Å². The van der Waals surface area contributed by atoms with Crippen LogP contribution < -0.4 is 5.32 Å². The first kappa shape index (κ1) is 23.2. The third-order valence-electron chi connectivity index (χ3n) is 5.50. The lowest BCUT2D eigenvalue weighted by molar-refractivity contribution is -0.143. The standard InChI is InChI=1S/C23H26N4O5S/c1-23(2)31-14-16(32-23)13-30-22(29)27-9-7-17-18(10-24)21(33-19(17)12-27)26-20(28)6-5-15-4-3-8-25-11-15/h3-4,8,11,16H,5-7,9,12-14H2,1-2H3,(H,26,28). The predicted octanol–water partition coefficient (Wildman–Crippen LogP) is 3.23. The maximum Gasteiger partial charge on any atom is 0.410 e. The molecule has 0 radical (unpaired) electrons. The molecule has 10 heteroatoms. The summed E-state index contributed by atoms with van der Waals surface area (Å²) in [4.78, 5) is 31.6. The first-order valence-electron chi connectivity index (χ1n) is 10.8. The Morgan fingerprint density at radius 2 is 2.30 bits per heavy atom. The molecule has 2 aliphatic heterocycles. The van der Waals surface area contributed by atoms with E-state index in [0.717, 1.165) is 16.0 Å². The van der Waals surface area contributed by atoms with Crippen molar-refractivity contribution in [3.63, 3.8) is 0 Å². The Labute approximate surface area is 196 Å². The van der Waals surface area contributed by atoms with E-state index in [1.165, 1.54) is 11.3 Å². The highest BCUT2D eigenvalue weighted by atomic mass is 32.1. The van der Waals surface area contributed by atoms with Crippen molar-refractivity contribution in [1.29, 1.82) is 5.26 Å². The van der Waals surface area contributed by atoms with Gasteiger partial charge in [0.1, 0.15) is 23.8 Å². The number of carbonyl (C=O) groups excluding carboxylic acids is 2. The van der Waals surface area contributed by atoms with Gasteiger partial charge in [-0.05, 0) is 43.9 Å². The van der Waals surface area contributed by atoms with Crippen molar-refractivity contribution in [2.45, 2.75) is 51.5 Å². The van der Waals surface area contributed by atoms with Crippen molar-refractivity contribution >= 4 is 28.3 Å². The number of anilines is 1. The van der Waals surface area contributed by atoms with Crippen LogP contribution in [-0.4, -0.2) is 53.5 Å². The monoisotopic (exact) mass is 470 g/mol. The van der Waals surface area contributed by atoms with E-state index in [9.17, 15) is 14.9 Å². The summed E-state index contributed by atoms with van der Waals surface area (Å²) in [5.74, 6) is -0.826. The lowest BCUT2D eigenvalue weighted by Crippen LogP contribution is -2.37. The van der Waals surface area contributed by atoms with Gasteiger partial charge in [-0.25, -0.2) is 4.79 Å². The maximum atomic E-state index is 12.6. The molecule has 1 atom stereocenters. The summed E-state index contributed by atoms with van der Waals surface area (Å²) >= 11 is 1.34. The summed E-state index contributed by atoms with van der Waals surface area (Å²) in [7, 11) is 0. The molecular formula is C23H26N4O5S. The zero-order valence-corrected chi connectivity index (χ0v) is 19.4. The number of nitriles is 1. The summed E-state index contributed by atoms with van der Waals surface area (Å²) in [6.07, 6.45) is 4.10. The van der Waals surface area contributed by atoms with Gasteiger partial charge in [0, 0.05) is 30.2 Å². The van der Waals surface area contributed by atoms with Crippen LogP contribution in [0, 0.1) is 11.3 Å². The van der Waals surface area contributed by atoms with Crippen molar-refractivity contribution in [2.75, 3.05) is 25.1 Å². The fourth-order valence-corrected chi connectivity index (χ4v) is 5.09. The van der Waals surface area contributed by atoms with Crippen LogP contribution in [-0.2, 0) is 38.4 Å². The van der Waals surface area contributed by atoms with E-state index < -0.39 is 11.9 Å². The molecule has 1 unspecified atom stereocenters. The minimum Gasteiger partial charge on any atom is -0.447 e. The van der Waals surface area contributed by atoms with Gasteiger partial charge in [-0.3, -0.25) is 9.78 Å². The van der Waals surface area contributed by atoms with E-state index in [-0.39, 0.29) is 18.6 Å². The topological polar surface area (TPSA) is 114 Å². The Hall–Kier alpha value is -3.00. The molecule has 33 heavy (non-hydrogen) atoms. The number of amides is 2. The molecule has 1 fully saturated rings. The second-order valence-corrected chi connectivity index (χ2v) is 9.53. The van der Waals surface area contributed by atoms with Gasteiger partial charge in [-0.15, -0.1) is 11.3 Å². The Balaban J connectivity index is 1.33. The molecule has 2 aromatic rings. The fraction of sp³-hybridized carbons (Fsp3) is 0.478. The van der Waals surface area contributed by atoms with Crippen LogP contribution in [0.1, 0.15) is 41.8 Å². The molecule has 1 N–H and O–H groups in total. The number of aromatic nitrogens is 1. The van der Waals surface area contributed by atoms with E-state index >= 15 is 0 Å². The van der Waals surface area contributed by atoms with Crippen LogP contribution in [0.2, 0.25) is 0 Å². The highest BCUT2D eigenvalue weighted by Crippen LogP contribution is 2.37. The van der Waals surface area contributed by atoms with Gasteiger partial charge in [-0.1, -0.05) is 6.07 Å². The molecule has 4 heterocycles. The summed E-state index contributed by atoms with van der Waals surface area (Å²) in [5.41, 5.74) is 2.35. The van der Waals surface area contributed by atoms with E-state index in [1.807, 2.05) is 26.0 Å². The van der Waals surface area contributed by atoms with Crippen LogP contribution >= 0.6 is 11.3 Å². The van der Waals surface area contributed by atoms with Gasteiger partial charge in [-0.2, -0.15) is 5.26 Å². The molecule has 4 rings (SSSR count). The Kier molecular flexibility index (Phi) is 6.93. The minimum atomic E-state index is -0.666. The average molecular weight is 471 g/mol. The highest BCUT2D eigenvalue weighted by molar-refractivity contribution is 7.16. The molecular weight excluding hydrogens is 444 g/mol. The maximum absolute atomic E-state index is 12.6. The van der Waals surface area contributed by atoms with Crippen molar-refractivity contribution in [3.8, 4) is 6.07 Å².